The zero-order valence-electron chi connectivity index (χ0n) is 11.5. The number of carbonyl (C=O) groups is 2. The predicted molar refractivity (Wildman–Crippen MR) is 78.8 cm³/mol. The quantitative estimate of drug-likeness (QED) is 0.798. The molecule has 6 nitrogen and oxygen atoms in total. The Hall–Kier alpha value is -1.79. The highest BCUT2D eigenvalue weighted by Gasteiger charge is 2.29. The Labute approximate surface area is 127 Å². The maximum atomic E-state index is 12.1. The van der Waals surface area contributed by atoms with Gasteiger partial charge in [-0.3, -0.25) is 0 Å². The van der Waals surface area contributed by atoms with Crippen molar-refractivity contribution in [2.24, 2.45) is 5.92 Å². The highest BCUT2D eigenvalue weighted by atomic mass is 35.5. The number of rotatable bonds is 3. The number of carbonyl (C=O) groups excluding carboxylic acids is 1. The average Bonchev–Trinajstić information content (AvgIpc) is 2.88. The number of aliphatic hydroxyl groups is 1. The van der Waals surface area contributed by atoms with Gasteiger partial charge in [0.05, 0.1) is 16.7 Å². The van der Waals surface area contributed by atoms with Gasteiger partial charge in [-0.15, -0.1) is 0 Å². The highest BCUT2D eigenvalue weighted by Crippen LogP contribution is 2.23. The summed E-state index contributed by atoms with van der Waals surface area (Å²) in [6, 6.07) is 3.97. The molecular formula is C14H17ClN2O4. The van der Waals surface area contributed by atoms with Gasteiger partial charge in [0.15, 0.2) is 0 Å². The number of benzene rings is 1. The number of hydrogen-bond acceptors (Lipinski definition) is 3. The smallest absolute Gasteiger partial charge is 0.337 e. The molecule has 0 radical (unpaired) electrons. The van der Waals surface area contributed by atoms with Crippen LogP contribution in [0, 0.1) is 5.92 Å². The van der Waals surface area contributed by atoms with Crippen LogP contribution in [0.3, 0.4) is 0 Å². The number of nitrogens with one attached hydrogen (secondary N) is 1. The molecule has 0 saturated carbocycles. The molecule has 0 bridgehead atoms. The maximum Gasteiger partial charge on any atom is 0.337 e. The topological polar surface area (TPSA) is 89.9 Å². The third kappa shape index (κ3) is 3.65. The molecule has 1 aromatic rings. The van der Waals surface area contributed by atoms with Crippen molar-refractivity contribution in [1.82, 2.24) is 4.90 Å². The molecule has 7 heteroatoms. The fourth-order valence-corrected chi connectivity index (χ4v) is 2.60. The summed E-state index contributed by atoms with van der Waals surface area (Å²) in [4.78, 5) is 24.6. The van der Waals surface area contributed by atoms with Gasteiger partial charge in [-0.05, 0) is 31.5 Å². The molecular weight excluding hydrogens is 296 g/mol. The Morgan fingerprint density at radius 1 is 1.48 bits per heavy atom. The largest absolute Gasteiger partial charge is 0.478 e. The maximum absolute atomic E-state index is 12.1. The van der Waals surface area contributed by atoms with Crippen molar-refractivity contribution >= 4 is 29.3 Å². The van der Waals surface area contributed by atoms with E-state index in [1.165, 1.54) is 18.2 Å². The van der Waals surface area contributed by atoms with Gasteiger partial charge in [0.1, 0.15) is 0 Å². The number of carboxylic acid groups (broad SMARTS) is 1. The molecule has 3 N–H and O–H groups in total. The number of amides is 2. The zero-order valence-corrected chi connectivity index (χ0v) is 12.3. The Balaban J connectivity index is 2.00. The lowest BCUT2D eigenvalue weighted by atomic mass is 10.0. The lowest BCUT2D eigenvalue weighted by molar-refractivity contribution is 0.0697. The van der Waals surface area contributed by atoms with Crippen LogP contribution < -0.4 is 5.32 Å². The van der Waals surface area contributed by atoms with Gasteiger partial charge in [0.25, 0.3) is 0 Å². The monoisotopic (exact) mass is 312 g/mol. The summed E-state index contributed by atoms with van der Waals surface area (Å²) < 4.78 is 0. The van der Waals surface area contributed by atoms with Gasteiger partial charge in [-0.2, -0.15) is 0 Å². The highest BCUT2D eigenvalue weighted by molar-refractivity contribution is 6.33. The molecule has 1 heterocycles. The fourth-order valence-electron chi connectivity index (χ4n) is 2.33. The summed E-state index contributed by atoms with van der Waals surface area (Å²) in [6.07, 6.45) is 0.330. The first kappa shape index (κ1) is 15.6. The minimum absolute atomic E-state index is 0.00925. The SMILES string of the molecule is CC(O)C1CCN(C(=O)Nc2ccc(C(=O)O)c(Cl)c2)C1. The summed E-state index contributed by atoms with van der Waals surface area (Å²) in [7, 11) is 0. The van der Waals surface area contributed by atoms with Crippen LogP contribution in [0.4, 0.5) is 10.5 Å². The summed E-state index contributed by atoms with van der Waals surface area (Å²) in [5.74, 6) is -1.02. The van der Waals surface area contributed by atoms with Crippen LogP contribution in [0.15, 0.2) is 18.2 Å². The number of likely N-dealkylation sites (tertiary alicyclic amines) is 1. The Morgan fingerprint density at radius 3 is 2.71 bits per heavy atom. The van der Waals surface area contributed by atoms with Crippen LogP contribution >= 0.6 is 11.6 Å². The lowest BCUT2D eigenvalue weighted by Gasteiger charge is -2.18. The van der Waals surface area contributed by atoms with E-state index in [9.17, 15) is 14.7 Å². The van der Waals surface area contributed by atoms with Gasteiger partial charge < -0.3 is 20.4 Å². The second-order valence-corrected chi connectivity index (χ2v) is 5.57. The molecule has 1 saturated heterocycles. The second kappa shape index (κ2) is 6.32. The molecule has 2 rings (SSSR count). The van der Waals surface area contributed by atoms with E-state index in [4.69, 9.17) is 16.7 Å². The number of urea groups is 1. The van der Waals surface area contributed by atoms with E-state index in [0.717, 1.165) is 6.42 Å². The van der Waals surface area contributed by atoms with Crippen molar-refractivity contribution in [2.45, 2.75) is 19.4 Å². The van der Waals surface area contributed by atoms with Crippen LogP contribution in [0.25, 0.3) is 0 Å². The summed E-state index contributed by atoms with van der Waals surface area (Å²) in [5.41, 5.74) is 0.431. The molecule has 1 fully saturated rings. The standard InChI is InChI=1S/C14H17ClN2O4/c1-8(18)9-4-5-17(7-9)14(21)16-10-2-3-11(13(19)20)12(15)6-10/h2-3,6,8-9,18H,4-5,7H2,1H3,(H,16,21)(H,19,20). The molecule has 1 aliphatic rings. The second-order valence-electron chi connectivity index (χ2n) is 5.17. The molecule has 114 valence electrons. The number of aromatic carboxylic acids is 1. The molecule has 2 amide bonds. The molecule has 0 spiro atoms. The van der Waals surface area contributed by atoms with Crippen molar-refractivity contribution in [3.8, 4) is 0 Å². The van der Waals surface area contributed by atoms with Crippen LogP contribution in [0.5, 0.6) is 0 Å². The van der Waals surface area contributed by atoms with Crippen LogP contribution in [0.2, 0.25) is 5.02 Å². The Bertz CT molecular complexity index is 562. The molecule has 0 aliphatic carbocycles. The Morgan fingerprint density at radius 2 is 2.19 bits per heavy atom. The van der Waals surface area contributed by atoms with E-state index in [0.29, 0.717) is 18.8 Å². The molecule has 2 atom stereocenters. The molecule has 2 unspecified atom stereocenters. The summed E-state index contributed by atoms with van der Waals surface area (Å²) in [5, 5.41) is 21.2. The average molecular weight is 313 g/mol. The fraction of sp³-hybridized carbons (Fsp3) is 0.429. The van der Waals surface area contributed by atoms with Crippen LogP contribution in [0.1, 0.15) is 23.7 Å². The van der Waals surface area contributed by atoms with Crippen molar-refractivity contribution < 1.29 is 19.8 Å². The lowest BCUT2D eigenvalue weighted by Crippen LogP contribution is -2.34. The van der Waals surface area contributed by atoms with E-state index in [1.807, 2.05) is 0 Å². The zero-order chi connectivity index (χ0) is 15.6. The van der Waals surface area contributed by atoms with Gasteiger partial charge in [-0.1, -0.05) is 11.6 Å². The first-order valence-corrected chi connectivity index (χ1v) is 7.03. The number of halogens is 1. The Kier molecular flexibility index (Phi) is 4.69. The molecule has 0 aromatic heterocycles. The van der Waals surface area contributed by atoms with Crippen LogP contribution in [-0.2, 0) is 0 Å². The minimum Gasteiger partial charge on any atom is -0.478 e. The molecule has 1 aliphatic heterocycles. The van der Waals surface area contributed by atoms with Gasteiger partial charge in [0, 0.05) is 24.7 Å². The molecule has 1 aromatic carbocycles. The van der Waals surface area contributed by atoms with Gasteiger partial charge in [0.2, 0.25) is 0 Å². The van der Waals surface area contributed by atoms with Crippen molar-refractivity contribution in [1.29, 1.82) is 0 Å². The normalized spacial score (nSPS) is 19.4. The van der Waals surface area contributed by atoms with Crippen LogP contribution in [-0.4, -0.2) is 46.3 Å². The first-order valence-electron chi connectivity index (χ1n) is 6.65. The van der Waals surface area contributed by atoms with E-state index in [1.54, 1.807) is 11.8 Å². The van der Waals surface area contributed by atoms with E-state index >= 15 is 0 Å². The van der Waals surface area contributed by atoms with E-state index in [2.05, 4.69) is 5.32 Å². The predicted octanol–water partition coefficient (Wildman–Crippen LogP) is 2.27. The number of aliphatic hydroxyl groups excluding tert-OH is 1. The number of carboxylic acids is 1. The number of hydrogen-bond donors (Lipinski definition) is 3. The van der Waals surface area contributed by atoms with Gasteiger partial charge >= 0.3 is 12.0 Å². The summed E-state index contributed by atoms with van der Waals surface area (Å²) in [6.45, 7) is 2.81. The third-order valence-corrected chi connectivity index (χ3v) is 3.96. The third-order valence-electron chi connectivity index (χ3n) is 3.64. The van der Waals surface area contributed by atoms with E-state index in [-0.39, 0.29) is 22.5 Å². The van der Waals surface area contributed by atoms with Gasteiger partial charge in [-0.25, -0.2) is 9.59 Å². The van der Waals surface area contributed by atoms with Crippen molar-refractivity contribution in [3.05, 3.63) is 28.8 Å². The minimum atomic E-state index is -1.11. The van der Waals surface area contributed by atoms with Crippen molar-refractivity contribution in [2.75, 3.05) is 18.4 Å². The number of nitrogens with zero attached hydrogens (tertiary/aromatic N) is 1. The first-order chi connectivity index (χ1) is 9.88. The molecule has 21 heavy (non-hydrogen) atoms. The van der Waals surface area contributed by atoms with Crippen molar-refractivity contribution in [3.63, 3.8) is 0 Å². The summed E-state index contributed by atoms with van der Waals surface area (Å²) >= 11 is 5.85. The van der Waals surface area contributed by atoms with E-state index < -0.39 is 12.1 Å². The number of anilines is 1.